The van der Waals surface area contributed by atoms with Gasteiger partial charge in [-0.15, -0.1) is 11.3 Å². The molecule has 1 aliphatic rings. The summed E-state index contributed by atoms with van der Waals surface area (Å²) in [6.45, 7) is 5.86. The van der Waals surface area contributed by atoms with Crippen LogP contribution >= 0.6 is 27.3 Å². The first-order chi connectivity index (χ1) is 8.72. The molecule has 4 nitrogen and oxygen atoms in total. The maximum absolute atomic E-state index is 12.2. The van der Waals surface area contributed by atoms with Crippen LogP contribution in [0, 0.1) is 0 Å². The molecule has 0 spiro atoms. The minimum absolute atomic E-state index is 0.145. The Balaban J connectivity index is 2.18. The molecule has 1 aliphatic heterocycles. The molecule has 0 bridgehead atoms. The van der Waals surface area contributed by atoms with Gasteiger partial charge in [0.2, 0.25) is 0 Å². The molecule has 2 rings (SSSR count). The van der Waals surface area contributed by atoms with E-state index in [-0.39, 0.29) is 12.0 Å². The van der Waals surface area contributed by atoms with Gasteiger partial charge in [0.15, 0.2) is 0 Å². The number of nitrogens with zero attached hydrogens (tertiary/aromatic N) is 1. The third-order valence-corrected chi connectivity index (χ3v) is 4.57. The number of hydrogen-bond acceptors (Lipinski definition) is 5. The van der Waals surface area contributed by atoms with E-state index < -0.39 is 0 Å². The fraction of sp³-hybridized carbons (Fsp3) is 0.583. The van der Waals surface area contributed by atoms with Crippen LogP contribution in [0.4, 0.5) is 0 Å². The smallest absolute Gasteiger partial charge is 0.328 e. The third-order valence-electron chi connectivity index (χ3n) is 2.89. The van der Waals surface area contributed by atoms with Crippen molar-refractivity contribution in [2.45, 2.75) is 13.0 Å². The zero-order chi connectivity index (χ0) is 13.0. The van der Waals surface area contributed by atoms with Crippen molar-refractivity contribution in [3.05, 3.63) is 20.8 Å². The van der Waals surface area contributed by atoms with E-state index in [2.05, 4.69) is 26.1 Å². The Morgan fingerprint density at radius 1 is 1.56 bits per heavy atom. The largest absolute Gasteiger partial charge is 0.465 e. The van der Waals surface area contributed by atoms with E-state index in [1.54, 1.807) is 11.3 Å². The first-order valence-corrected chi connectivity index (χ1v) is 7.70. The second-order valence-electron chi connectivity index (χ2n) is 4.08. The number of thiophene rings is 1. The van der Waals surface area contributed by atoms with Gasteiger partial charge >= 0.3 is 5.97 Å². The van der Waals surface area contributed by atoms with Gasteiger partial charge in [0.1, 0.15) is 6.04 Å². The van der Waals surface area contributed by atoms with Crippen molar-refractivity contribution < 1.29 is 9.53 Å². The Bertz CT molecular complexity index is 405. The fourth-order valence-electron chi connectivity index (χ4n) is 2.08. The Morgan fingerprint density at radius 2 is 2.28 bits per heavy atom. The second kappa shape index (κ2) is 6.65. The van der Waals surface area contributed by atoms with Crippen molar-refractivity contribution in [3.63, 3.8) is 0 Å². The van der Waals surface area contributed by atoms with E-state index in [9.17, 15) is 4.79 Å². The number of hydrogen-bond donors (Lipinski definition) is 1. The lowest BCUT2D eigenvalue weighted by Crippen LogP contribution is -2.47. The molecular formula is C12H17BrN2O2S. The lowest BCUT2D eigenvalue weighted by Gasteiger charge is -2.32. The summed E-state index contributed by atoms with van der Waals surface area (Å²) >= 11 is 5.05. The molecule has 2 heterocycles. The van der Waals surface area contributed by atoms with E-state index in [1.807, 2.05) is 19.1 Å². The predicted molar refractivity (Wildman–Crippen MR) is 75.8 cm³/mol. The SMILES string of the molecule is CCOC(=O)C(c1ccc(Br)s1)N1CCNCC1. The van der Waals surface area contributed by atoms with Crippen molar-refractivity contribution in [1.82, 2.24) is 10.2 Å². The third kappa shape index (κ3) is 3.32. The zero-order valence-corrected chi connectivity index (χ0v) is 12.7. The van der Waals surface area contributed by atoms with Crippen LogP contribution in [0.1, 0.15) is 17.8 Å². The maximum atomic E-state index is 12.2. The van der Waals surface area contributed by atoms with Crippen LogP contribution < -0.4 is 5.32 Å². The summed E-state index contributed by atoms with van der Waals surface area (Å²) in [5, 5.41) is 3.30. The number of halogens is 1. The average molecular weight is 333 g/mol. The molecule has 0 saturated carbocycles. The molecule has 100 valence electrons. The summed E-state index contributed by atoms with van der Waals surface area (Å²) in [5.41, 5.74) is 0. The molecule has 1 atom stereocenters. The van der Waals surface area contributed by atoms with E-state index in [0.717, 1.165) is 34.8 Å². The van der Waals surface area contributed by atoms with Gasteiger partial charge in [0.25, 0.3) is 0 Å². The van der Waals surface area contributed by atoms with Gasteiger partial charge in [-0.1, -0.05) is 0 Å². The highest BCUT2D eigenvalue weighted by atomic mass is 79.9. The summed E-state index contributed by atoms with van der Waals surface area (Å²) in [6, 6.07) is 3.72. The first kappa shape index (κ1) is 14.0. The van der Waals surface area contributed by atoms with Gasteiger partial charge < -0.3 is 10.1 Å². The standard InChI is InChI=1S/C12H17BrN2O2S/c1-2-17-12(16)11(9-3-4-10(13)18-9)15-7-5-14-6-8-15/h3-4,11,14H,2,5-8H2,1H3. The molecule has 0 radical (unpaired) electrons. The minimum atomic E-state index is -0.261. The quantitative estimate of drug-likeness (QED) is 0.856. The molecule has 1 N–H and O–H groups in total. The second-order valence-corrected chi connectivity index (χ2v) is 6.58. The van der Waals surface area contributed by atoms with Gasteiger partial charge in [-0.2, -0.15) is 0 Å². The Labute approximate surface area is 119 Å². The van der Waals surface area contributed by atoms with Crippen LogP contribution in [0.15, 0.2) is 15.9 Å². The number of nitrogens with one attached hydrogen (secondary N) is 1. The minimum Gasteiger partial charge on any atom is -0.465 e. The lowest BCUT2D eigenvalue weighted by molar-refractivity contribution is -0.150. The summed E-state index contributed by atoms with van der Waals surface area (Å²) in [7, 11) is 0. The Hall–Kier alpha value is -0.430. The fourth-order valence-corrected chi connectivity index (χ4v) is 3.63. The summed E-state index contributed by atoms with van der Waals surface area (Å²) < 4.78 is 6.25. The summed E-state index contributed by atoms with van der Waals surface area (Å²) in [5.74, 6) is -0.145. The molecular weight excluding hydrogens is 316 g/mol. The average Bonchev–Trinajstić information content (AvgIpc) is 2.78. The van der Waals surface area contributed by atoms with Gasteiger partial charge in [0.05, 0.1) is 10.4 Å². The predicted octanol–water partition coefficient (Wildman–Crippen LogP) is 2.02. The molecule has 0 amide bonds. The number of esters is 1. The van der Waals surface area contributed by atoms with Crippen molar-refractivity contribution in [3.8, 4) is 0 Å². The van der Waals surface area contributed by atoms with Crippen molar-refractivity contribution in [2.24, 2.45) is 0 Å². The van der Waals surface area contributed by atoms with Crippen molar-refractivity contribution in [2.75, 3.05) is 32.8 Å². The highest BCUT2D eigenvalue weighted by Crippen LogP contribution is 2.31. The molecule has 1 unspecified atom stereocenters. The molecule has 18 heavy (non-hydrogen) atoms. The molecule has 0 aliphatic carbocycles. The van der Waals surface area contributed by atoms with E-state index in [0.29, 0.717) is 6.61 Å². The number of rotatable bonds is 4. The summed E-state index contributed by atoms with van der Waals surface area (Å²) in [4.78, 5) is 15.4. The topological polar surface area (TPSA) is 41.6 Å². The number of carbonyl (C=O) groups excluding carboxylic acids is 1. The lowest BCUT2D eigenvalue weighted by atomic mass is 10.2. The van der Waals surface area contributed by atoms with Gasteiger partial charge in [-0.25, -0.2) is 4.79 Å². The first-order valence-electron chi connectivity index (χ1n) is 6.09. The van der Waals surface area contributed by atoms with Crippen LogP contribution in [0.25, 0.3) is 0 Å². The van der Waals surface area contributed by atoms with Crippen molar-refractivity contribution in [1.29, 1.82) is 0 Å². The molecule has 0 aromatic carbocycles. The van der Waals surface area contributed by atoms with Crippen molar-refractivity contribution >= 4 is 33.2 Å². The van der Waals surface area contributed by atoms with E-state index >= 15 is 0 Å². The number of piperazine rings is 1. The van der Waals surface area contributed by atoms with E-state index in [4.69, 9.17) is 4.74 Å². The van der Waals surface area contributed by atoms with Gasteiger partial charge in [-0.05, 0) is 35.0 Å². The normalized spacial score (nSPS) is 18.6. The van der Waals surface area contributed by atoms with Crippen LogP contribution in [0.3, 0.4) is 0 Å². The van der Waals surface area contributed by atoms with Crippen LogP contribution in [0.5, 0.6) is 0 Å². The molecule has 1 saturated heterocycles. The van der Waals surface area contributed by atoms with Crippen LogP contribution in [-0.4, -0.2) is 43.7 Å². The van der Waals surface area contributed by atoms with E-state index in [1.165, 1.54) is 0 Å². The monoisotopic (exact) mass is 332 g/mol. The Kier molecular flexibility index (Phi) is 5.17. The zero-order valence-electron chi connectivity index (χ0n) is 10.3. The Morgan fingerprint density at radius 3 is 2.83 bits per heavy atom. The van der Waals surface area contributed by atoms with Crippen LogP contribution in [-0.2, 0) is 9.53 Å². The van der Waals surface area contributed by atoms with Gasteiger partial charge in [-0.3, -0.25) is 4.90 Å². The molecule has 6 heteroatoms. The molecule has 1 aromatic heterocycles. The highest BCUT2D eigenvalue weighted by Gasteiger charge is 2.30. The molecule has 1 aromatic rings. The molecule has 1 fully saturated rings. The van der Waals surface area contributed by atoms with Crippen LogP contribution in [0.2, 0.25) is 0 Å². The maximum Gasteiger partial charge on any atom is 0.328 e. The number of carbonyl (C=O) groups is 1. The van der Waals surface area contributed by atoms with Gasteiger partial charge in [0, 0.05) is 31.1 Å². The summed E-state index contributed by atoms with van der Waals surface area (Å²) in [6.07, 6.45) is 0. The highest BCUT2D eigenvalue weighted by molar-refractivity contribution is 9.11. The number of ether oxygens (including phenoxy) is 1.